The van der Waals surface area contributed by atoms with Gasteiger partial charge in [-0.3, -0.25) is 9.59 Å². The van der Waals surface area contributed by atoms with E-state index in [0.29, 0.717) is 3.57 Å². The Balaban J connectivity index is 2.02. The van der Waals surface area contributed by atoms with Crippen molar-refractivity contribution in [2.24, 2.45) is 0 Å². The van der Waals surface area contributed by atoms with E-state index in [4.69, 9.17) is 0 Å². The maximum atomic E-state index is 13.9. The predicted octanol–water partition coefficient (Wildman–Crippen LogP) is 5.27. The quantitative estimate of drug-likeness (QED) is 0.412. The van der Waals surface area contributed by atoms with Gasteiger partial charge in [-0.15, -0.1) is 0 Å². The second kappa shape index (κ2) is 9.09. The van der Waals surface area contributed by atoms with Crippen LogP contribution in [0.2, 0.25) is 0 Å². The van der Waals surface area contributed by atoms with Crippen molar-refractivity contribution < 1.29 is 32.7 Å². The molecule has 34 heavy (non-hydrogen) atoms. The molecule has 174 valence electrons. The van der Waals surface area contributed by atoms with Crippen LogP contribution in [0.5, 0.6) is 0 Å². The van der Waals surface area contributed by atoms with Crippen LogP contribution in [0.15, 0.2) is 72.8 Å². The average molecular weight is 580 g/mol. The van der Waals surface area contributed by atoms with Crippen molar-refractivity contribution in [3.63, 3.8) is 0 Å². The number of nitrogens with one attached hydrogen (secondary N) is 1. The molecule has 1 aliphatic heterocycles. The highest BCUT2D eigenvalue weighted by atomic mass is 127. The molecule has 1 heterocycles. The Morgan fingerprint density at radius 3 is 2.29 bits per heavy atom. The molecule has 4 rings (SSSR count). The van der Waals surface area contributed by atoms with Gasteiger partial charge in [0.25, 0.3) is 11.8 Å². The Morgan fingerprint density at radius 1 is 1.00 bits per heavy atom. The first-order valence-corrected chi connectivity index (χ1v) is 11.0. The summed E-state index contributed by atoms with van der Waals surface area (Å²) in [6.07, 6.45) is -4.84. The van der Waals surface area contributed by atoms with Crippen LogP contribution in [0, 0.1) is 3.57 Å². The summed E-state index contributed by atoms with van der Waals surface area (Å²) in [6, 6.07) is 12.9. The predicted molar refractivity (Wildman–Crippen MR) is 125 cm³/mol. The lowest BCUT2D eigenvalue weighted by molar-refractivity contribution is -0.144. The highest BCUT2D eigenvalue weighted by Crippen LogP contribution is 2.42. The number of alkyl halides is 3. The van der Waals surface area contributed by atoms with Crippen molar-refractivity contribution in [1.29, 1.82) is 0 Å². The molecular formula is C24H16F3IN2O4. The molecule has 0 aliphatic carbocycles. The zero-order chi connectivity index (χ0) is 24.6. The first kappa shape index (κ1) is 23.7. The standard InChI is InChI=1S/C24H16F3IN2O4/c25-24(26,27)17-9-5-4-8-15(17)20-21(31)29-18-11-10-14(28)12-16(18)22(32)30(20)19(23(33)34)13-6-2-1-3-7-13/h1-12,19-20H,(H,29,31)(H,33,34). The summed E-state index contributed by atoms with van der Waals surface area (Å²) in [5.74, 6) is -3.33. The molecule has 0 bridgehead atoms. The molecule has 2 atom stereocenters. The minimum Gasteiger partial charge on any atom is -0.479 e. The molecule has 0 aromatic heterocycles. The van der Waals surface area contributed by atoms with Crippen molar-refractivity contribution in [3.05, 3.63) is 98.6 Å². The van der Waals surface area contributed by atoms with Gasteiger partial charge in [0.2, 0.25) is 0 Å². The Kier molecular flexibility index (Phi) is 6.34. The van der Waals surface area contributed by atoms with E-state index in [-0.39, 0.29) is 16.8 Å². The molecule has 0 fully saturated rings. The number of carbonyl (C=O) groups excluding carboxylic acids is 2. The van der Waals surface area contributed by atoms with E-state index in [9.17, 15) is 32.7 Å². The van der Waals surface area contributed by atoms with Crippen molar-refractivity contribution >= 4 is 46.1 Å². The van der Waals surface area contributed by atoms with Gasteiger partial charge < -0.3 is 15.3 Å². The lowest BCUT2D eigenvalue weighted by Crippen LogP contribution is -2.44. The normalized spacial score (nSPS) is 16.9. The highest BCUT2D eigenvalue weighted by Gasteiger charge is 2.47. The second-order valence-corrected chi connectivity index (χ2v) is 8.78. The van der Waals surface area contributed by atoms with Crippen molar-refractivity contribution in [2.75, 3.05) is 5.32 Å². The largest absolute Gasteiger partial charge is 0.479 e. The molecular weight excluding hydrogens is 564 g/mol. The minimum atomic E-state index is -4.84. The summed E-state index contributed by atoms with van der Waals surface area (Å²) in [6.45, 7) is 0. The monoisotopic (exact) mass is 580 g/mol. The fraction of sp³-hybridized carbons (Fsp3) is 0.125. The molecule has 2 N–H and O–H groups in total. The molecule has 3 aromatic rings. The highest BCUT2D eigenvalue weighted by molar-refractivity contribution is 14.1. The maximum absolute atomic E-state index is 13.9. The molecule has 0 spiro atoms. The number of rotatable bonds is 4. The van der Waals surface area contributed by atoms with Gasteiger partial charge in [-0.2, -0.15) is 13.2 Å². The second-order valence-electron chi connectivity index (χ2n) is 7.53. The van der Waals surface area contributed by atoms with Gasteiger partial charge >= 0.3 is 12.1 Å². The van der Waals surface area contributed by atoms with Gasteiger partial charge in [-0.1, -0.05) is 48.5 Å². The van der Waals surface area contributed by atoms with Crippen molar-refractivity contribution in [2.45, 2.75) is 18.3 Å². The number of nitrogens with zero attached hydrogens (tertiary/aromatic N) is 1. The summed E-state index contributed by atoms with van der Waals surface area (Å²) < 4.78 is 42.3. The number of carbonyl (C=O) groups is 3. The van der Waals surface area contributed by atoms with E-state index in [1.807, 2.05) is 22.6 Å². The van der Waals surface area contributed by atoms with Gasteiger partial charge in [0.1, 0.15) is 6.04 Å². The number of fused-ring (bicyclic) bond motifs is 1. The van der Waals surface area contributed by atoms with Crippen LogP contribution in [0.3, 0.4) is 0 Å². The third kappa shape index (κ3) is 4.37. The number of carboxylic acids is 1. The third-order valence-corrected chi connectivity index (χ3v) is 6.09. The molecule has 3 aromatic carbocycles. The first-order valence-electron chi connectivity index (χ1n) is 9.96. The number of amides is 2. The molecule has 2 unspecified atom stereocenters. The number of hydrogen-bond acceptors (Lipinski definition) is 3. The number of anilines is 1. The maximum Gasteiger partial charge on any atom is 0.416 e. The van der Waals surface area contributed by atoms with Crippen LogP contribution in [-0.4, -0.2) is 27.8 Å². The van der Waals surface area contributed by atoms with Crippen LogP contribution < -0.4 is 5.32 Å². The van der Waals surface area contributed by atoms with Gasteiger partial charge in [0, 0.05) is 3.57 Å². The summed E-state index contributed by atoms with van der Waals surface area (Å²) >= 11 is 1.95. The topological polar surface area (TPSA) is 86.7 Å². The lowest BCUT2D eigenvalue weighted by atomic mass is 9.94. The zero-order valence-corrected chi connectivity index (χ0v) is 19.4. The van der Waals surface area contributed by atoms with Crippen molar-refractivity contribution in [1.82, 2.24) is 4.90 Å². The molecule has 0 saturated heterocycles. The van der Waals surface area contributed by atoms with E-state index >= 15 is 0 Å². The zero-order valence-electron chi connectivity index (χ0n) is 17.2. The molecule has 10 heteroatoms. The number of aliphatic carboxylic acids is 1. The molecule has 0 radical (unpaired) electrons. The molecule has 1 aliphatic rings. The molecule has 6 nitrogen and oxygen atoms in total. The van der Waals surface area contributed by atoms with E-state index in [0.717, 1.165) is 23.1 Å². The van der Waals surface area contributed by atoms with Gasteiger partial charge in [0.05, 0.1) is 16.8 Å². The first-order chi connectivity index (χ1) is 16.1. The fourth-order valence-corrected chi connectivity index (χ4v) is 4.49. The number of benzene rings is 3. The van der Waals surface area contributed by atoms with Crippen LogP contribution in [0.4, 0.5) is 18.9 Å². The number of carboxylic acid groups (broad SMARTS) is 1. The summed E-state index contributed by atoms with van der Waals surface area (Å²) in [7, 11) is 0. The van der Waals surface area contributed by atoms with Gasteiger partial charge in [0.15, 0.2) is 6.04 Å². The molecule has 0 saturated carbocycles. The Bertz CT molecular complexity index is 1280. The minimum absolute atomic E-state index is 0.0191. The smallest absolute Gasteiger partial charge is 0.416 e. The SMILES string of the molecule is O=C(O)C(c1ccccc1)N1C(=O)c2cc(I)ccc2NC(=O)C1c1ccccc1C(F)(F)F. The van der Waals surface area contributed by atoms with Crippen LogP contribution >= 0.6 is 22.6 Å². The summed E-state index contributed by atoms with van der Waals surface area (Å²) in [5, 5.41) is 12.6. The van der Waals surface area contributed by atoms with E-state index in [1.54, 1.807) is 24.3 Å². The summed E-state index contributed by atoms with van der Waals surface area (Å²) in [5.41, 5.74) is -1.45. The van der Waals surface area contributed by atoms with Crippen molar-refractivity contribution in [3.8, 4) is 0 Å². The fourth-order valence-electron chi connectivity index (χ4n) is 3.99. The molecule has 2 amide bonds. The van der Waals surface area contributed by atoms with Crippen LogP contribution in [0.25, 0.3) is 0 Å². The Labute approximate surface area is 205 Å². The average Bonchev–Trinajstić information content (AvgIpc) is 2.88. The van der Waals surface area contributed by atoms with E-state index in [1.165, 1.54) is 30.3 Å². The van der Waals surface area contributed by atoms with Gasteiger partial charge in [-0.25, -0.2) is 4.79 Å². The lowest BCUT2D eigenvalue weighted by Gasteiger charge is -2.35. The van der Waals surface area contributed by atoms with E-state index in [2.05, 4.69) is 5.32 Å². The number of hydrogen-bond donors (Lipinski definition) is 2. The van der Waals surface area contributed by atoms with Gasteiger partial charge in [-0.05, 0) is 58.0 Å². The van der Waals surface area contributed by atoms with E-state index < -0.39 is 47.2 Å². The Morgan fingerprint density at radius 2 is 1.65 bits per heavy atom. The number of halogens is 4. The van der Waals surface area contributed by atoms with Crippen LogP contribution in [0.1, 0.15) is 39.1 Å². The Hall–Kier alpha value is -3.41. The van der Waals surface area contributed by atoms with Crippen LogP contribution in [-0.2, 0) is 15.8 Å². The summed E-state index contributed by atoms with van der Waals surface area (Å²) in [4.78, 5) is 40.3. The third-order valence-electron chi connectivity index (χ3n) is 5.42.